The molecule has 0 amide bonds. The standard InChI is InChI=1S/C19H30N4O/c1-24-17-9-7-16(8-10-17)18(23-11-2-3-12-23)14-22-19(20)21-13-15-5-4-6-15/h7-10,15,18H,2-6,11-14H2,1H3,(H3,20,21,22). The molecule has 0 spiro atoms. The van der Waals surface area contributed by atoms with Crippen LogP contribution in [0, 0.1) is 5.92 Å². The van der Waals surface area contributed by atoms with E-state index in [0.717, 1.165) is 31.3 Å². The molecule has 3 N–H and O–H groups in total. The molecule has 1 aliphatic heterocycles. The summed E-state index contributed by atoms with van der Waals surface area (Å²) in [5.74, 6) is 2.26. The van der Waals surface area contributed by atoms with Gasteiger partial charge in [-0.2, -0.15) is 0 Å². The third-order valence-electron chi connectivity index (χ3n) is 5.31. The number of rotatable bonds is 7. The van der Waals surface area contributed by atoms with Gasteiger partial charge < -0.3 is 15.8 Å². The molecule has 0 radical (unpaired) electrons. The van der Waals surface area contributed by atoms with Crippen LogP contribution in [0.5, 0.6) is 5.75 Å². The third-order valence-corrected chi connectivity index (χ3v) is 5.31. The minimum Gasteiger partial charge on any atom is -0.497 e. The lowest BCUT2D eigenvalue weighted by atomic mass is 9.85. The molecule has 1 aromatic carbocycles. The molecule has 5 nitrogen and oxygen atoms in total. The average molecular weight is 330 g/mol. The summed E-state index contributed by atoms with van der Waals surface area (Å²) in [6.45, 7) is 3.95. The van der Waals surface area contributed by atoms with Gasteiger partial charge in [-0.05, 0) is 62.4 Å². The summed E-state index contributed by atoms with van der Waals surface area (Å²) < 4.78 is 5.27. The molecule has 0 aromatic heterocycles. The van der Waals surface area contributed by atoms with Crippen LogP contribution in [-0.4, -0.2) is 44.1 Å². The zero-order valence-corrected chi connectivity index (χ0v) is 14.7. The first-order valence-corrected chi connectivity index (χ1v) is 9.18. The van der Waals surface area contributed by atoms with E-state index in [4.69, 9.17) is 10.5 Å². The molecule has 1 unspecified atom stereocenters. The van der Waals surface area contributed by atoms with Crippen molar-refractivity contribution in [2.45, 2.75) is 38.1 Å². The molecule has 2 aliphatic rings. The first-order chi connectivity index (χ1) is 11.8. The van der Waals surface area contributed by atoms with Gasteiger partial charge in [-0.1, -0.05) is 18.6 Å². The van der Waals surface area contributed by atoms with E-state index in [1.807, 2.05) is 12.1 Å². The first kappa shape index (κ1) is 17.1. The molecule has 1 aliphatic carbocycles. The van der Waals surface area contributed by atoms with Gasteiger partial charge in [0, 0.05) is 6.54 Å². The maximum Gasteiger partial charge on any atom is 0.188 e. The summed E-state index contributed by atoms with van der Waals surface area (Å²) in [6.07, 6.45) is 6.54. The van der Waals surface area contributed by atoms with Crippen LogP contribution in [0.25, 0.3) is 0 Å². The lowest BCUT2D eigenvalue weighted by Crippen LogP contribution is -2.38. The van der Waals surface area contributed by atoms with Crippen molar-refractivity contribution in [2.75, 3.05) is 33.3 Å². The van der Waals surface area contributed by atoms with E-state index >= 15 is 0 Å². The second-order valence-corrected chi connectivity index (χ2v) is 6.94. The Bertz CT molecular complexity index is 533. The van der Waals surface area contributed by atoms with E-state index in [1.54, 1.807) is 7.11 Å². The number of ether oxygens (including phenoxy) is 1. The maximum absolute atomic E-state index is 6.07. The van der Waals surface area contributed by atoms with Crippen LogP contribution in [0.4, 0.5) is 0 Å². The number of benzene rings is 1. The summed E-state index contributed by atoms with van der Waals surface area (Å²) >= 11 is 0. The number of guanidine groups is 1. The molecular weight excluding hydrogens is 300 g/mol. The van der Waals surface area contributed by atoms with Gasteiger partial charge in [0.25, 0.3) is 0 Å². The van der Waals surface area contributed by atoms with Crippen LogP contribution in [0.3, 0.4) is 0 Å². The summed E-state index contributed by atoms with van der Waals surface area (Å²) in [6, 6.07) is 8.65. The summed E-state index contributed by atoms with van der Waals surface area (Å²) in [4.78, 5) is 7.15. The maximum atomic E-state index is 6.07. The van der Waals surface area contributed by atoms with Crippen molar-refractivity contribution in [1.82, 2.24) is 10.2 Å². The highest BCUT2D eigenvalue weighted by Gasteiger charge is 2.23. The lowest BCUT2D eigenvalue weighted by molar-refractivity contribution is 0.251. The molecule has 24 heavy (non-hydrogen) atoms. The highest BCUT2D eigenvalue weighted by atomic mass is 16.5. The molecule has 1 saturated heterocycles. The van der Waals surface area contributed by atoms with Crippen molar-refractivity contribution in [3.8, 4) is 5.75 Å². The van der Waals surface area contributed by atoms with Gasteiger partial charge in [-0.15, -0.1) is 0 Å². The van der Waals surface area contributed by atoms with Crippen molar-refractivity contribution < 1.29 is 4.74 Å². The Morgan fingerprint density at radius 1 is 1.25 bits per heavy atom. The van der Waals surface area contributed by atoms with Crippen molar-refractivity contribution >= 4 is 5.96 Å². The molecule has 132 valence electrons. The molecule has 2 fully saturated rings. The Balaban J connectivity index is 1.62. The third kappa shape index (κ3) is 4.41. The number of nitrogens with zero attached hydrogens (tertiary/aromatic N) is 2. The fourth-order valence-corrected chi connectivity index (χ4v) is 3.50. The zero-order valence-electron chi connectivity index (χ0n) is 14.7. The topological polar surface area (TPSA) is 62.9 Å². The Morgan fingerprint density at radius 2 is 1.96 bits per heavy atom. The predicted octanol–water partition coefficient (Wildman–Crippen LogP) is 2.54. The number of methoxy groups -OCH3 is 1. The van der Waals surface area contributed by atoms with E-state index in [2.05, 4.69) is 27.3 Å². The first-order valence-electron chi connectivity index (χ1n) is 9.18. The van der Waals surface area contributed by atoms with Gasteiger partial charge >= 0.3 is 0 Å². The number of likely N-dealkylation sites (tertiary alicyclic amines) is 1. The highest BCUT2D eigenvalue weighted by molar-refractivity contribution is 5.77. The normalized spacial score (nSPS) is 20.6. The molecular formula is C19H30N4O. The van der Waals surface area contributed by atoms with E-state index in [0.29, 0.717) is 18.5 Å². The molecule has 5 heteroatoms. The Labute approximate surface area is 145 Å². The van der Waals surface area contributed by atoms with E-state index in [-0.39, 0.29) is 0 Å². The molecule has 1 aromatic rings. The highest BCUT2D eigenvalue weighted by Crippen LogP contribution is 2.27. The molecule has 3 rings (SSSR count). The molecule has 1 saturated carbocycles. The lowest BCUT2D eigenvalue weighted by Gasteiger charge is -2.27. The SMILES string of the molecule is COc1ccc(C(CN=C(N)NCC2CCC2)N2CCCC2)cc1. The van der Waals surface area contributed by atoms with Gasteiger partial charge in [-0.25, -0.2) is 0 Å². The number of aliphatic imine (C=N–C) groups is 1. The van der Waals surface area contributed by atoms with Gasteiger partial charge in [0.1, 0.15) is 5.75 Å². The minimum atomic E-state index is 0.294. The number of hydrogen-bond acceptors (Lipinski definition) is 3. The fourth-order valence-electron chi connectivity index (χ4n) is 3.50. The molecule has 1 heterocycles. The minimum absolute atomic E-state index is 0.294. The Hall–Kier alpha value is -1.75. The van der Waals surface area contributed by atoms with Gasteiger partial charge in [0.2, 0.25) is 0 Å². The fraction of sp³-hybridized carbons (Fsp3) is 0.632. The van der Waals surface area contributed by atoms with Gasteiger partial charge in [0.05, 0.1) is 19.7 Å². The van der Waals surface area contributed by atoms with Crippen molar-refractivity contribution in [2.24, 2.45) is 16.6 Å². The van der Waals surface area contributed by atoms with Crippen LogP contribution in [0.1, 0.15) is 43.7 Å². The number of hydrogen-bond donors (Lipinski definition) is 2. The van der Waals surface area contributed by atoms with E-state index in [1.165, 1.54) is 37.7 Å². The van der Waals surface area contributed by atoms with E-state index < -0.39 is 0 Å². The monoisotopic (exact) mass is 330 g/mol. The van der Waals surface area contributed by atoms with Gasteiger partial charge in [-0.3, -0.25) is 9.89 Å². The molecule has 1 atom stereocenters. The number of nitrogens with one attached hydrogen (secondary N) is 1. The second kappa shape index (κ2) is 8.38. The number of nitrogens with two attached hydrogens (primary N) is 1. The largest absolute Gasteiger partial charge is 0.497 e. The zero-order chi connectivity index (χ0) is 16.8. The summed E-state index contributed by atoms with van der Waals surface area (Å²) in [5, 5.41) is 3.29. The Kier molecular flexibility index (Phi) is 5.96. The van der Waals surface area contributed by atoms with Crippen LogP contribution < -0.4 is 15.8 Å². The molecule has 0 bridgehead atoms. The Morgan fingerprint density at radius 3 is 2.54 bits per heavy atom. The average Bonchev–Trinajstić information content (AvgIpc) is 3.08. The summed E-state index contributed by atoms with van der Waals surface area (Å²) in [5.41, 5.74) is 7.36. The quantitative estimate of drug-likeness (QED) is 0.596. The van der Waals surface area contributed by atoms with Crippen LogP contribution >= 0.6 is 0 Å². The van der Waals surface area contributed by atoms with Crippen LogP contribution in [-0.2, 0) is 0 Å². The van der Waals surface area contributed by atoms with Gasteiger partial charge in [0.15, 0.2) is 5.96 Å². The van der Waals surface area contributed by atoms with Crippen molar-refractivity contribution in [3.63, 3.8) is 0 Å². The predicted molar refractivity (Wildman–Crippen MR) is 98.4 cm³/mol. The smallest absolute Gasteiger partial charge is 0.188 e. The second-order valence-electron chi connectivity index (χ2n) is 6.94. The van der Waals surface area contributed by atoms with Crippen LogP contribution in [0.2, 0.25) is 0 Å². The van der Waals surface area contributed by atoms with Crippen LogP contribution in [0.15, 0.2) is 29.3 Å². The van der Waals surface area contributed by atoms with Crippen molar-refractivity contribution in [3.05, 3.63) is 29.8 Å². The van der Waals surface area contributed by atoms with E-state index in [9.17, 15) is 0 Å². The summed E-state index contributed by atoms with van der Waals surface area (Å²) in [7, 11) is 1.70. The van der Waals surface area contributed by atoms with Crippen molar-refractivity contribution in [1.29, 1.82) is 0 Å².